The van der Waals surface area contributed by atoms with Crippen LogP contribution in [0.3, 0.4) is 0 Å². The predicted molar refractivity (Wildman–Crippen MR) is 80.1 cm³/mol. The first-order valence-corrected chi connectivity index (χ1v) is 7.39. The second-order valence-corrected chi connectivity index (χ2v) is 5.17. The Hall–Kier alpha value is -1.68. The number of rotatable bonds is 7. The van der Waals surface area contributed by atoms with E-state index in [9.17, 15) is 4.79 Å². The molecule has 4 nitrogen and oxygen atoms in total. The van der Waals surface area contributed by atoms with E-state index < -0.39 is 0 Å². The molecule has 1 heterocycles. The largest absolute Gasteiger partial charge is 0.351 e. The topological polar surface area (TPSA) is 54.0 Å². The van der Waals surface area contributed by atoms with Gasteiger partial charge >= 0.3 is 0 Å². The number of pyridine rings is 1. The lowest BCUT2D eigenvalue weighted by atomic mass is 9.97. The van der Waals surface area contributed by atoms with E-state index in [4.69, 9.17) is 0 Å². The lowest BCUT2D eigenvalue weighted by molar-refractivity contribution is -0.120. The summed E-state index contributed by atoms with van der Waals surface area (Å²) in [5.41, 5.74) is 2.56. The second kappa shape index (κ2) is 8.48. The summed E-state index contributed by atoms with van der Waals surface area (Å²) in [7, 11) is 0. The zero-order valence-electron chi connectivity index (χ0n) is 11.9. The van der Waals surface area contributed by atoms with Crippen molar-refractivity contribution >= 4 is 5.91 Å². The van der Waals surface area contributed by atoms with Gasteiger partial charge in [-0.25, -0.2) is 0 Å². The molecule has 1 aliphatic carbocycles. The monoisotopic (exact) mass is 273 g/mol. The maximum absolute atomic E-state index is 11.7. The molecule has 2 N–H and O–H groups in total. The fraction of sp³-hybridized carbons (Fsp3) is 0.500. The molecule has 0 saturated heterocycles. The van der Waals surface area contributed by atoms with Gasteiger partial charge in [-0.2, -0.15) is 0 Å². The van der Waals surface area contributed by atoms with Gasteiger partial charge in [0.1, 0.15) is 0 Å². The minimum atomic E-state index is 0.0338. The number of hydrogen-bond donors (Lipinski definition) is 2. The van der Waals surface area contributed by atoms with Crippen LogP contribution in [0.1, 0.15) is 37.7 Å². The van der Waals surface area contributed by atoms with Crippen LogP contribution in [-0.4, -0.2) is 24.0 Å². The molecule has 20 heavy (non-hydrogen) atoms. The van der Waals surface area contributed by atoms with E-state index in [2.05, 4.69) is 21.7 Å². The molecule has 0 bridgehead atoms. The number of aromatic nitrogens is 1. The minimum absolute atomic E-state index is 0.0338. The molecule has 1 aliphatic rings. The Morgan fingerprint density at radius 3 is 3.05 bits per heavy atom. The third kappa shape index (κ3) is 5.53. The van der Waals surface area contributed by atoms with Gasteiger partial charge in [0.2, 0.25) is 5.91 Å². The molecule has 108 valence electrons. The van der Waals surface area contributed by atoms with Crippen LogP contribution in [0, 0.1) is 0 Å². The van der Waals surface area contributed by atoms with Gasteiger partial charge < -0.3 is 10.6 Å². The summed E-state index contributed by atoms with van der Waals surface area (Å²) in [5, 5.41) is 6.08. The van der Waals surface area contributed by atoms with E-state index in [1.165, 1.54) is 25.7 Å². The fourth-order valence-corrected chi connectivity index (χ4v) is 2.35. The number of hydrogen-bond acceptors (Lipinski definition) is 3. The molecule has 1 aromatic heterocycles. The number of carbonyl (C=O) groups is 1. The minimum Gasteiger partial charge on any atom is -0.351 e. The molecule has 0 fully saturated rings. The van der Waals surface area contributed by atoms with Gasteiger partial charge in [-0.3, -0.25) is 9.78 Å². The van der Waals surface area contributed by atoms with Crippen LogP contribution in [-0.2, 0) is 11.3 Å². The molecule has 2 rings (SSSR count). The standard InChI is InChI=1S/C16H23N3O/c20-16(19-12-15-7-4-9-17-11-15)13-18-10-8-14-5-2-1-3-6-14/h4-5,7,9,11,18H,1-3,6,8,10,12-13H2,(H,19,20). The quantitative estimate of drug-likeness (QED) is 0.591. The lowest BCUT2D eigenvalue weighted by Crippen LogP contribution is -2.34. The molecule has 0 aromatic carbocycles. The molecular weight excluding hydrogens is 250 g/mol. The molecule has 1 amide bonds. The summed E-state index contributed by atoms with van der Waals surface area (Å²) in [5.74, 6) is 0.0338. The van der Waals surface area contributed by atoms with Crippen molar-refractivity contribution in [2.24, 2.45) is 0 Å². The van der Waals surface area contributed by atoms with Gasteiger partial charge in [-0.05, 0) is 50.3 Å². The highest BCUT2D eigenvalue weighted by atomic mass is 16.1. The van der Waals surface area contributed by atoms with Crippen LogP contribution in [0.25, 0.3) is 0 Å². The van der Waals surface area contributed by atoms with Crippen molar-refractivity contribution < 1.29 is 4.79 Å². The summed E-state index contributed by atoms with van der Waals surface area (Å²) in [6, 6.07) is 3.83. The normalized spacial score (nSPS) is 14.7. The highest BCUT2D eigenvalue weighted by Gasteiger charge is 2.04. The summed E-state index contributed by atoms with van der Waals surface area (Å²) in [4.78, 5) is 15.7. The van der Waals surface area contributed by atoms with Crippen LogP contribution in [0.2, 0.25) is 0 Å². The van der Waals surface area contributed by atoms with Gasteiger partial charge in [0, 0.05) is 18.9 Å². The Balaban J connectivity index is 1.55. The number of nitrogens with one attached hydrogen (secondary N) is 2. The van der Waals surface area contributed by atoms with Gasteiger partial charge in [-0.15, -0.1) is 0 Å². The Morgan fingerprint density at radius 2 is 2.30 bits per heavy atom. The fourth-order valence-electron chi connectivity index (χ4n) is 2.35. The number of carbonyl (C=O) groups excluding carboxylic acids is 1. The van der Waals surface area contributed by atoms with E-state index in [0.29, 0.717) is 13.1 Å². The van der Waals surface area contributed by atoms with Crippen molar-refractivity contribution in [3.05, 3.63) is 41.7 Å². The lowest BCUT2D eigenvalue weighted by Gasteiger charge is -2.12. The van der Waals surface area contributed by atoms with Crippen molar-refractivity contribution in [2.45, 2.75) is 38.6 Å². The molecule has 4 heteroatoms. The van der Waals surface area contributed by atoms with Crippen molar-refractivity contribution in [3.8, 4) is 0 Å². The molecule has 0 spiro atoms. The maximum atomic E-state index is 11.7. The van der Waals surface area contributed by atoms with E-state index in [1.54, 1.807) is 18.0 Å². The molecular formula is C16H23N3O. The Labute approximate surface area is 120 Å². The second-order valence-electron chi connectivity index (χ2n) is 5.17. The average Bonchev–Trinajstić information content (AvgIpc) is 2.52. The summed E-state index contributed by atoms with van der Waals surface area (Å²) in [6.07, 6.45) is 12.0. The van der Waals surface area contributed by atoms with Crippen molar-refractivity contribution in [2.75, 3.05) is 13.1 Å². The molecule has 0 atom stereocenters. The molecule has 1 aromatic rings. The first kappa shape index (κ1) is 14.7. The van der Waals surface area contributed by atoms with E-state index in [1.807, 2.05) is 12.1 Å². The third-order valence-electron chi connectivity index (χ3n) is 3.51. The summed E-state index contributed by atoms with van der Waals surface area (Å²) >= 11 is 0. The van der Waals surface area contributed by atoms with Crippen LogP contribution >= 0.6 is 0 Å². The van der Waals surface area contributed by atoms with Gasteiger partial charge in [-0.1, -0.05) is 17.7 Å². The zero-order valence-corrected chi connectivity index (χ0v) is 11.9. The van der Waals surface area contributed by atoms with E-state index >= 15 is 0 Å². The van der Waals surface area contributed by atoms with Crippen molar-refractivity contribution in [1.82, 2.24) is 15.6 Å². The van der Waals surface area contributed by atoms with Gasteiger partial charge in [0.25, 0.3) is 0 Å². The molecule has 0 saturated carbocycles. The maximum Gasteiger partial charge on any atom is 0.234 e. The van der Waals surface area contributed by atoms with Crippen LogP contribution in [0.4, 0.5) is 0 Å². The Kier molecular flexibility index (Phi) is 6.24. The van der Waals surface area contributed by atoms with E-state index in [-0.39, 0.29) is 5.91 Å². The molecule has 0 aliphatic heterocycles. The predicted octanol–water partition coefficient (Wildman–Crippen LogP) is 2.18. The highest BCUT2D eigenvalue weighted by Crippen LogP contribution is 2.19. The Bertz CT molecular complexity index is 442. The molecule has 0 unspecified atom stereocenters. The summed E-state index contributed by atoms with van der Waals surface area (Å²) in [6.45, 7) is 1.80. The third-order valence-corrected chi connectivity index (χ3v) is 3.51. The number of allylic oxidation sites excluding steroid dienone is 1. The van der Waals surface area contributed by atoms with Crippen molar-refractivity contribution in [3.63, 3.8) is 0 Å². The number of nitrogens with zero attached hydrogens (tertiary/aromatic N) is 1. The zero-order chi connectivity index (χ0) is 14.0. The Morgan fingerprint density at radius 1 is 1.35 bits per heavy atom. The summed E-state index contributed by atoms with van der Waals surface area (Å²) < 4.78 is 0. The van der Waals surface area contributed by atoms with Crippen LogP contribution in [0.5, 0.6) is 0 Å². The van der Waals surface area contributed by atoms with E-state index in [0.717, 1.165) is 18.5 Å². The van der Waals surface area contributed by atoms with Crippen LogP contribution < -0.4 is 10.6 Å². The van der Waals surface area contributed by atoms with Crippen LogP contribution in [0.15, 0.2) is 36.2 Å². The van der Waals surface area contributed by atoms with Gasteiger partial charge in [0.15, 0.2) is 0 Å². The van der Waals surface area contributed by atoms with Gasteiger partial charge in [0.05, 0.1) is 6.54 Å². The first-order valence-electron chi connectivity index (χ1n) is 7.39. The smallest absolute Gasteiger partial charge is 0.234 e. The number of amides is 1. The molecule has 0 radical (unpaired) electrons. The van der Waals surface area contributed by atoms with Crippen molar-refractivity contribution in [1.29, 1.82) is 0 Å². The average molecular weight is 273 g/mol. The first-order chi connectivity index (χ1) is 9.84. The highest BCUT2D eigenvalue weighted by molar-refractivity contribution is 5.77. The SMILES string of the molecule is O=C(CNCCC1=CCCCC1)NCc1cccnc1.